The summed E-state index contributed by atoms with van der Waals surface area (Å²) in [5, 5.41) is 0.559. The molecule has 3 rings (SSSR count). The van der Waals surface area contributed by atoms with Crippen LogP contribution in [0.5, 0.6) is 0 Å². The Morgan fingerprint density at radius 1 is 1.47 bits per heavy atom. The summed E-state index contributed by atoms with van der Waals surface area (Å²) < 4.78 is 7.42. The minimum Gasteiger partial charge on any atom is -0.467 e. The van der Waals surface area contributed by atoms with Gasteiger partial charge in [0.2, 0.25) is 0 Å². The number of pyridine rings is 1. The van der Waals surface area contributed by atoms with Crippen LogP contribution < -0.4 is 0 Å². The maximum Gasteiger partial charge on any atom is 0.160 e. The number of hydrogen-bond donors (Lipinski definition) is 0. The van der Waals surface area contributed by atoms with E-state index in [0.717, 1.165) is 22.7 Å². The highest BCUT2D eigenvalue weighted by atomic mass is 35.5. The van der Waals surface area contributed by atoms with Gasteiger partial charge in [-0.05, 0) is 25.1 Å². The third-order valence-corrected chi connectivity index (χ3v) is 3.48. The molecule has 6 heteroatoms. The van der Waals surface area contributed by atoms with Crippen LogP contribution in [-0.4, -0.2) is 14.5 Å². The summed E-state index contributed by atoms with van der Waals surface area (Å²) >= 11 is 11.9. The summed E-state index contributed by atoms with van der Waals surface area (Å²) in [6.45, 7) is 2.02. The van der Waals surface area contributed by atoms with Gasteiger partial charge in [-0.15, -0.1) is 11.6 Å². The van der Waals surface area contributed by atoms with E-state index in [2.05, 4.69) is 9.97 Å². The van der Waals surface area contributed by atoms with Crippen molar-refractivity contribution in [3.63, 3.8) is 0 Å². The molecule has 98 valence electrons. The Morgan fingerprint density at radius 2 is 2.32 bits per heavy atom. The van der Waals surface area contributed by atoms with Crippen molar-refractivity contribution in [2.45, 2.75) is 18.8 Å². The Bertz CT molecular complexity index is 706. The lowest BCUT2D eigenvalue weighted by molar-refractivity contribution is 0.445. The molecule has 0 aliphatic heterocycles. The Morgan fingerprint density at radius 3 is 3.00 bits per heavy atom. The first-order valence-corrected chi connectivity index (χ1v) is 6.73. The summed E-state index contributed by atoms with van der Waals surface area (Å²) in [7, 11) is 0. The number of alkyl halides is 1. The third-order valence-electron chi connectivity index (χ3n) is 3.03. The van der Waals surface area contributed by atoms with E-state index in [4.69, 9.17) is 27.6 Å². The molecule has 0 bridgehead atoms. The Labute approximate surface area is 120 Å². The van der Waals surface area contributed by atoms with Crippen molar-refractivity contribution in [2.24, 2.45) is 0 Å². The van der Waals surface area contributed by atoms with Crippen molar-refractivity contribution in [1.82, 2.24) is 14.5 Å². The van der Waals surface area contributed by atoms with Crippen LogP contribution in [0.3, 0.4) is 0 Å². The number of furan rings is 1. The normalized spacial score (nSPS) is 13.0. The number of rotatable bonds is 3. The first-order valence-electron chi connectivity index (χ1n) is 5.82. The fraction of sp³-hybridized carbons (Fsp3) is 0.231. The number of imidazole rings is 1. The number of nitrogens with zero attached hydrogens (tertiary/aromatic N) is 3. The van der Waals surface area contributed by atoms with Gasteiger partial charge in [0.05, 0.1) is 23.2 Å². The summed E-state index contributed by atoms with van der Waals surface area (Å²) in [4.78, 5) is 8.81. The maximum atomic E-state index is 5.97. The topological polar surface area (TPSA) is 43.9 Å². The number of hydrogen-bond acceptors (Lipinski definition) is 3. The molecule has 0 aliphatic rings. The van der Waals surface area contributed by atoms with Crippen LogP contribution in [-0.2, 0) is 5.88 Å². The molecule has 1 unspecified atom stereocenters. The molecule has 1 atom stereocenters. The molecule has 0 aromatic carbocycles. The molecule has 0 fully saturated rings. The summed E-state index contributed by atoms with van der Waals surface area (Å²) in [5.74, 6) is 1.89. The molecular weight excluding hydrogens is 285 g/mol. The molecule has 0 aliphatic carbocycles. The van der Waals surface area contributed by atoms with Gasteiger partial charge in [0, 0.05) is 6.20 Å². The van der Waals surface area contributed by atoms with Crippen molar-refractivity contribution in [3.8, 4) is 0 Å². The van der Waals surface area contributed by atoms with Gasteiger partial charge in [-0.2, -0.15) is 0 Å². The zero-order valence-electron chi connectivity index (χ0n) is 10.2. The molecule has 3 aromatic rings. The highest BCUT2D eigenvalue weighted by Gasteiger charge is 2.19. The summed E-state index contributed by atoms with van der Waals surface area (Å²) in [6.07, 6.45) is 3.25. The molecule has 0 N–H and O–H groups in total. The molecule has 3 heterocycles. The molecule has 0 spiro atoms. The lowest BCUT2D eigenvalue weighted by Crippen LogP contribution is -2.09. The third kappa shape index (κ3) is 2.11. The van der Waals surface area contributed by atoms with E-state index in [9.17, 15) is 0 Å². The molecule has 0 saturated heterocycles. The predicted octanol–water partition coefficient (Wildman–Crippen LogP) is 4.03. The molecule has 0 radical (unpaired) electrons. The molecule has 19 heavy (non-hydrogen) atoms. The molecule has 0 amide bonds. The van der Waals surface area contributed by atoms with E-state index in [0.29, 0.717) is 10.9 Å². The molecular formula is C13H11Cl2N3O. The van der Waals surface area contributed by atoms with Gasteiger partial charge in [-0.1, -0.05) is 11.6 Å². The molecule has 3 aromatic heterocycles. The van der Waals surface area contributed by atoms with Gasteiger partial charge in [0.15, 0.2) is 5.65 Å². The van der Waals surface area contributed by atoms with Crippen LogP contribution >= 0.6 is 23.2 Å². The van der Waals surface area contributed by atoms with E-state index < -0.39 is 0 Å². The zero-order chi connectivity index (χ0) is 13.4. The first-order chi connectivity index (χ1) is 9.20. The van der Waals surface area contributed by atoms with Crippen molar-refractivity contribution >= 4 is 34.4 Å². The lowest BCUT2D eigenvalue weighted by Gasteiger charge is -2.13. The SMILES string of the molecule is CC(c1ccco1)n1c(CCl)nc2cc(Cl)cnc21. The second kappa shape index (κ2) is 4.87. The van der Waals surface area contributed by atoms with E-state index in [1.54, 1.807) is 18.5 Å². The lowest BCUT2D eigenvalue weighted by atomic mass is 10.2. The van der Waals surface area contributed by atoms with Gasteiger partial charge in [-0.3, -0.25) is 0 Å². The van der Waals surface area contributed by atoms with E-state index in [1.165, 1.54) is 0 Å². The fourth-order valence-electron chi connectivity index (χ4n) is 2.16. The largest absolute Gasteiger partial charge is 0.467 e. The van der Waals surface area contributed by atoms with Crippen molar-refractivity contribution in [1.29, 1.82) is 0 Å². The van der Waals surface area contributed by atoms with Crippen LogP contribution in [0.2, 0.25) is 5.02 Å². The number of aromatic nitrogens is 3. The minimum atomic E-state index is -0.0255. The van der Waals surface area contributed by atoms with Crippen molar-refractivity contribution in [3.05, 3.63) is 47.3 Å². The number of halogens is 2. The van der Waals surface area contributed by atoms with Gasteiger partial charge < -0.3 is 8.98 Å². The van der Waals surface area contributed by atoms with Gasteiger partial charge in [0.25, 0.3) is 0 Å². The van der Waals surface area contributed by atoms with Crippen LogP contribution in [0.1, 0.15) is 24.6 Å². The average molecular weight is 296 g/mol. The Kier molecular flexibility index (Phi) is 3.21. The smallest absolute Gasteiger partial charge is 0.160 e. The zero-order valence-corrected chi connectivity index (χ0v) is 11.7. The Hall–Kier alpha value is -1.52. The second-order valence-electron chi connectivity index (χ2n) is 4.22. The first kappa shape index (κ1) is 12.5. The summed E-state index contributed by atoms with van der Waals surface area (Å²) in [5.41, 5.74) is 1.49. The minimum absolute atomic E-state index is 0.0255. The predicted molar refractivity (Wildman–Crippen MR) is 74.6 cm³/mol. The van der Waals surface area contributed by atoms with Gasteiger partial charge in [-0.25, -0.2) is 9.97 Å². The van der Waals surface area contributed by atoms with Crippen molar-refractivity contribution in [2.75, 3.05) is 0 Å². The highest BCUT2D eigenvalue weighted by Crippen LogP contribution is 2.27. The summed E-state index contributed by atoms with van der Waals surface area (Å²) in [6, 6.07) is 5.54. The van der Waals surface area contributed by atoms with Crippen LogP contribution in [0.4, 0.5) is 0 Å². The van der Waals surface area contributed by atoms with Gasteiger partial charge in [0.1, 0.15) is 17.1 Å². The van der Waals surface area contributed by atoms with Crippen LogP contribution in [0.25, 0.3) is 11.2 Å². The quantitative estimate of drug-likeness (QED) is 0.685. The van der Waals surface area contributed by atoms with Crippen LogP contribution in [0, 0.1) is 0 Å². The highest BCUT2D eigenvalue weighted by molar-refractivity contribution is 6.31. The number of fused-ring (bicyclic) bond motifs is 1. The molecule has 4 nitrogen and oxygen atoms in total. The molecule has 0 saturated carbocycles. The fourth-order valence-corrected chi connectivity index (χ4v) is 2.50. The second-order valence-corrected chi connectivity index (χ2v) is 4.92. The average Bonchev–Trinajstić information content (AvgIpc) is 3.04. The monoisotopic (exact) mass is 295 g/mol. The standard InChI is InChI=1S/C13H11Cl2N3O/c1-8(11-3-2-4-19-11)18-12(6-14)17-10-5-9(15)7-16-13(10)18/h2-5,7-8H,6H2,1H3. The van der Waals surface area contributed by atoms with E-state index >= 15 is 0 Å². The Balaban J connectivity index is 2.21. The van der Waals surface area contributed by atoms with E-state index in [1.807, 2.05) is 23.6 Å². The van der Waals surface area contributed by atoms with Crippen LogP contribution in [0.15, 0.2) is 35.1 Å². The van der Waals surface area contributed by atoms with Crippen molar-refractivity contribution < 1.29 is 4.42 Å². The van der Waals surface area contributed by atoms with E-state index in [-0.39, 0.29) is 6.04 Å². The maximum absolute atomic E-state index is 5.97. The van der Waals surface area contributed by atoms with Gasteiger partial charge >= 0.3 is 0 Å².